The Kier molecular flexibility index (Phi) is 6.57. The highest BCUT2D eigenvalue weighted by Gasteiger charge is 2.19. The maximum absolute atomic E-state index is 12.7. The van der Waals surface area contributed by atoms with Crippen LogP contribution in [0.25, 0.3) is 0 Å². The van der Waals surface area contributed by atoms with Crippen LogP contribution in [0.1, 0.15) is 43.2 Å². The van der Waals surface area contributed by atoms with Gasteiger partial charge in [0.25, 0.3) is 0 Å². The summed E-state index contributed by atoms with van der Waals surface area (Å²) < 4.78 is 7.46. The third kappa shape index (κ3) is 5.52. The van der Waals surface area contributed by atoms with Gasteiger partial charge in [0.1, 0.15) is 0 Å². The van der Waals surface area contributed by atoms with Crippen LogP contribution in [0.5, 0.6) is 0 Å². The van der Waals surface area contributed by atoms with E-state index in [1.807, 2.05) is 50.2 Å². The first kappa shape index (κ1) is 19.8. The molecular formula is C21H27N5O2. The first-order chi connectivity index (χ1) is 13.5. The average Bonchev–Trinajstić information content (AvgIpc) is 3.32. The third-order valence-corrected chi connectivity index (χ3v) is 4.59. The zero-order valence-electron chi connectivity index (χ0n) is 16.7. The van der Waals surface area contributed by atoms with E-state index in [-0.39, 0.29) is 11.9 Å². The van der Waals surface area contributed by atoms with Crippen molar-refractivity contribution in [2.24, 2.45) is 7.05 Å². The number of carbonyl (C=O) groups excluding carboxylic acids is 1. The van der Waals surface area contributed by atoms with E-state index in [9.17, 15) is 4.79 Å². The van der Waals surface area contributed by atoms with E-state index >= 15 is 0 Å². The highest BCUT2D eigenvalue weighted by Crippen LogP contribution is 2.12. The Hall–Kier alpha value is -2.96. The van der Waals surface area contributed by atoms with Gasteiger partial charge in [0.15, 0.2) is 0 Å². The normalized spacial score (nSPS) is 11.1. The number of aromatic nitrogens is 4. The minimum atomic E-state index is 0.0721. The largest absolute Gasteiger partial charge is 0.425 e. The van der Waals surface area contributed by atoms with Gasteiger partial charge in [-0.15, -0.1) is 10.2 Å². The number of hydrogen-bond donors (Lipinski definition) is 0. The zero-order chi connectivity index (χ0) is 19.9. The highest BCUT2D eigenvalue weighted by molar-refractivity contribution is 5.76. The van der Waals surface area contributed by atoms with Gasteiger partial charge in [-0.2, -0.15) is 5.10 Å². The second kappa shape index (κ2) is 9.30. The van der Waals surface area contributed by atoms with E-state index in [4.69, 9.17) is 4.42 Å². The van der Waals surface area contributed by atoms with Crippen molar-refractivity contribution in [3.05, 3.63) is 65.6 Å². The predicted molar refractivity (Wildman–Crippen MR) is 105 cm³/mol. The Bertz CT molecular complexity index is 885. The number of hydrogen-bond acceptors (Lipinski definition) is 5. The highest BCUT2D eigenvalue weighted by atomic mass is 16.4. The Balaban J connectivity index is 1.51. The van der Waals surface area contributed by atoms with Gasteiger partial charge in [0, 0.05) is 50.7 Å². The summed E-state index contributed by atoms with van der Waals surface area (Å²) >= 11 is 0. The van der Waals surface area contributed by atoms with E-state index in [2.05, 4.69) is 27.4 Å². The van der Waals surface area contributed by atoms with Crippen LogP contribution < -0.4 is 0 Å². The molecule has 1 amide bonds. The van der Waals surface area contributed by atoms with Gasteiger partial charge in [0.2, 0.25) is 17.7 Å². The molecule has 0 saturated carbocycles. The van der Waals surface area contributed by atoms with Crippen molar-refractivity contribution in [3.8, 4) is 0 Å². The average molecular weight is 381 g/mol. The first-order valence-electron chi connectivity index (χ1n) is 9.63. The molecular weight excluding hydrogens is 354 g/mol. The molecule has 0 fully saturated rings. The smallest absolute Gasteiger partial charge is 0.223 e. The van der Waals surface area contributed by atoms with Gasteiger partial charge in [-0.05, 0) is 25.8 Å². The molecule has 0 saturated heterocycles. The Labute approximate surface area is 165 Å². The summed E-state index contributed by atoms with van der Waals surface area (Å²) in [6.07, 6.45) is 6.07. The van der Waals surface area contributed by atoms with Crippen LogP contribution >= 0.6 is 0 Å². The maximum atomic E-state index is 12.7. The lowest BCUT2D eigenvalue weighted by atomic mass is 10.1. The molecule has 0 unspecified atom stereocenters. The second-order valence-electron chi connectivity index (χ2n) is 7.21. The number of rotatable bonds is 9. The molecule has 7 nitrogen and oxygen atoms in total. The standard InChI is InChI=1S/C21H27N5O2/c1-16(2)26(15-18-13-22-25(3)14-18)21(27)12-11-20-24-23-19(28-20)10-9-17-7-5-4-6-8-17/h4-8,13-14,16H,9-12,15H2,1-3H3. The van der Waals surface area contributed by atoms with Crippen molar-refractivity contribution in [3.63, 3.8) is 0 Å². The lowest BCUT2D eigenvalue weighted by molar-refractivity contribution is -0.133. The van der Waals surface area contributed by atoms with E-state index in [1.165, 1.54) is 5.56 Å². The van der Waals surface area contributed by atoms with Gasteiger partial charge in [-0.25, -0.2) is 0 Å². The molecule has 3 rings (SSSR count). The quantitative estimate of drug-likeness (QED) is 0.569. The minimum absolute atomic E-state index is 0.0721. The van der Waals surface area contributed by atoms with Crippen LogP contribution in [0.3, 0.4) is 0 Å². The van der Waals surface area contributed by atoms with Crippen molar-refractivity contribution >= 4 is 5.91 Å². The molecule has 0 spiro atoms. The van der Waals surface area contributed by atoms with Crippen LogP contribution in [0.15, 0.2) is 47.1 Å². The van der Waals surface area contributed by atoms with Crippen molar-refractivity contribution in [2.75, 3.05) is 0 Å². The molecule has 2 aromatic heterocycles. The molecule has 0 radical (unpaired) electrons. The summed E-state index contributed by atoms with van der Waals surface area (Å²) in [7, 11) is 1.87. The molecule has 0 N–H and O–H groups in total. The SMILES string of the molecule is CC(C)N(Cc1cnn(C)c1)C(=O)CCc1nnc(CCc2ccccc2)o1. The first-order valence-corrected chi connectivity index (χ1v) is 9.63. The van der Waals surface area contributed by atoms with Crippen LogP contribution in [-0.4, -0.2) is 36.8 Å². The Morgan fingerprint density at radius 2 is 1.79 bits per heavy atom. The maximum Gasteiger partial charge on any atom is 0.223 e. The molecule has 0 atom stereocenters. The Morgan fingerprint density at radius 1 is 1.07 bits per heavy atom. The van der Waals surface area contributed by atoms with Crippen molar-refractivity contribution in [1.82, 2.24) is 24.9 Å². The number of aryl methyl sites for hydroxylation is 4. The Morgan fingerprint density at radius 3 is 2.43 bits per heavy atom. The van der Waals surface area contributed by atoms with Crippen LogP contribution in [0.4, 0.5) is 0 Å². The lowest BCUT2D eigenvalue weighted by Gasteiger charge is -2.26. The van der Waals surface area contributed by atoms with Crippen LogP contribution in [0, 0.1) is 0 Å². The van der Waals surface area contributed by atoms with Crippen LogP contribution in [0.2, 0.25) is 0 Å². The molecule has 7 heteroatoms. The van der Waals surface area contributed by atoms with Crippen molar-refractivity contribution in [2.45, 2.75) is 52.1 Å². The number of benzene rings is 1. The molecule has 0 aliphatic rings. The monoisotopic (exact) mass is 381 g/mol. The summed E-state index contributed by atoms with van der Waals surface area (Å²) in [5.74, 6) is 1.20. The number of amides is 1. The molecule has 3 aromatic rings. The van der Waals surface area contributed by atoms with Gasteiger partial charge in [-0.3, -0.25) is 9.48 Å². The summed E-state index contributed by atoms with van der Waals surface area (Å²) in [5.41, 5.74) is 2.26. The fourth-order valence-electron chi connectivity index (χ4n) is 3.05. The summed E-state index contributed by atoms with van der Waals surface area (Å²) in [5, 5.41) is 12.4. The van der Waals surface area contributed by atoms with Crippen LogP contribution in [-0.2, 0) is 37.6 Å². The lowest BCUT2D eigenvalue weighted by Crippen LogP contribution is -2.36. The van der Waals surface area contributed by atoms with E-state index in [0.717, 1.165) is 12.0 Å². The zero-order valence-corrected chi connectivity index (χ0v) is 16.7. The van der Waals surface area contributed by atoms with Gasteiger partial charge >= 0.3 is 0 Å². The van der Waals surface area contributed by atoms with E-state index in [1.54, 1.807) is 10.9 Å². The van der Waals surface area contributed by atoms with Crippen molar-refractivity contribution < 1.29 is 9.21 Å². The fraction of sp³-hybridized carbons (Fsp3) is 0.429. The minimum Gasteiger partial charge on any atom is -0.425 e. The molecule has 148 valence electrons. The fourth-order valence-corrected chi connectivity index (χ4v) is 3.05. The summed E-state index contributed by atoms with van der Waals surface area (Å²) in [6, 6.07) is 10.3. The molecule has 0 aliphatic carbocycles. The van der Waals surface area contributed by atoms with Gasteiger partial charge in [0.05, 0.1) is 6.20 Å². The van der Waals surface area contributed by atoms with Gasteiger partial charge < -0.3 is 9.32 Å². The number of carbonyl (C=O) groups is 1. The molecule has 0 aliphatic heterocycles. The molecule has 28 heavy (non-hydrogen) atoms. The predicted octanol–water partition coefficient (Wildman–Crippen LogP) is 2.96. The molecule has 2 heterocycles. The van der Waals surface area contributed by atoms with E-state index < -0.39 is 0 Å². The summed E-state index contributed by atoms with van der Waals surface area (Å²) in [4.78, 5) is 14.5. The summed E-state index contributed by atoms with van der Waals surface area (Å²) in [6.45, 7) is 4.59. The molecule has 1 aromatic carbocycles. The number of nitrogens with zero attached hydrogens (tertiary/aromatic N) is 5. The topological polar surface area (TPSA) is 77.1 Å². The van der Waals surface area contributed by atoms with E-state index in [0.29, 0.717) is 37.6 Å². The second-order valence-corrected chi connectivity index (χ2v) is 7.21. The van der Waals surface area contributed by atoms with Gasteiger partial charge in [-0.1, -0.05) is 30.3 Å². The third-order valence-electron chi connectivity index (χ3n) is 4.59. The molecule has 0 bridgehead atoms. The van der Waals surface area contributed by atoms with Crippen molar-refractivity contribution in [1.29, 1.82) is 0 Å².